The molecule has 0 bridgehead atoms. The predicted molar refractivity (Wildman–Crippen MR) is 54.5 cm³/mol. The normalized spacial score (nSPS) is 11.1. The molecule has 0 unspecified atom stereocenters. The largest absolute Gasteiger partial charge is 0.236 e. The third-order valence-corrected chi connectivity index (χ3v) is 2.38. The third kappa shape index (κ3) is 1.35. The molecule has 74 valence electrons. The molecule has 0 saturated carbocycles. The summed E-state index contributed by atoms with van der Waals surface area (Å²) in [7, 11) is 0. The maximum Gasteiger partial charge on any atom is 0.158 e. The van der Waals surface area contributed by atoms with E-state index in [-0.39, 0.29) is 0 Å². The summed E-state index contributed by atoms with van der Waals surface area (Å²) in [5.74, 6) is 0.948. The van der Waals surface area contributed by atoms with Crippen LogP contribution >= 0.6 is 11.6 Å². The SMILES string of the molecule is CCCc1nc(C)c2c(Cl)ncnn12. The number of imidazole rings is 1. The van der Waals surface area contributed by atoms with Gasteiger partial charge in [0, 0.05) is 6.42 Å². The summed E-state index contributed by atoms with van der Waals surface area (Å²) >= 11 is 5.96. The standard InChI is InChI=1S/C9H11ClN4/c1-3-4-7-13-6(2)8-9(10)11-5-12-14(7)8/h5H,3-4H2,1-2H3. The Balaban J connectivity index is 2.71. The molecule has 4 nitrogen and oxygen atoms in total. The summed E-state index contributed by atoms with van der Waals surface area (Å²) < 4.78 is 1.77. The average Bonchev–Trinajstić information content (AvgIpc) is 2.46. The van der Waals surface area contributed by atoms with Crippen molar-refractivity contribution in [2.75, 3.05) is 0 Å². The van der Waals surface area contributed by atoms with E-state index in [1.807, 2.05) is 6.92 Å². The minimum Gasteiger partial charge on any atom is -0.236 e. The minimum absolute atomic E-state index is 0.465. The molecule has 0 aliphatic heterocycles. The van der Waals surface area contributed by atoms with Gasteiger partial charge in [-0.3, -0.25) is 0 Å². The second-order valence-electron chi connectivity index (χ2n) is 3.17. The molecule has 2 aromatic heterocycles. The lowest BCUT2D eigenvalue weighted by atomic mass is 10.3. The highest BCUT2D eigenvalue weighted by molar-refractivity contribution is 6.32. The molecular weight excluding hydrogens is 200 g/mol. The summed E-state index contributed by atoms with van der Waals surface area (Å²) in [5.41, 5.74) is 1.71. The zero-order valence-electron chi connectivity index (χ0n) is 8.16. The van der Waals surface area contributed by atoms with Crippen LogP contribution in [0.5, 0.6) is 0 Å². The van der Waals surface area contributed by atoms with Gasteiger partial charge in [-0.15, -0.1) is 0 Å². The lowest BCUT2D eigenvalue weighted by Gasteiger charge is -1.97. The first kappa shape index (κ1) is 9.40. The van der Waals surface area contributed by atoms with E-state index in [1.54, 1.807) is 4.52 Å². The van der Waals surface area contributed by atoms with Gasteiger partial charge in [0.05, 0.1) is 5.69 Å². The monoisotopic (exact) mass is 210 g/mol. The lowest BCUT2D eigenvalue weighted by molar-refractivity contribution is 0.765. The summed E-state index contributed by atoms with van der Waals surface area (Å²) in [6, 6.07) is 0. The molecule has 0 radical (unpaired) electrons. The van der Waals surface area contributed by atoms with E-state index in [4.69, 9.17) is 11.6 Å². The van der Waals surface area contributed by atoms with Crippen LogP contribution < -0.4 is 0 Å². The highest BCUT2D eigenvalue weighted by atomic mass is 35.5. The summed E-state index contributed by atoms with van der Waals surface area (Å²) in [5, 5.41) is 4.61. The lowest BCUT2D eigenvalue weighted by Crippen LogP contribution is -1.99. The number of aryl methyl sites for hydroxylation is 2. The Morgan fingerprint density at radius 3 is 3.00 bits per heavy atom. The quantitative estimate of drug-likeness (QED) is 0.762. The molecule has 2 rings (SSSR count). The second-order valence-corrected chi connectivity index (χ2v) is 3.53. The van der Waals surface area contributed by atoms with E-state index in [1.165, 1.54) is 6.33 Å². The van der Waals surface area contributed by atoms with Gasteiger partial charge in [0.15, 0.2) is 5.15 Å². The van der Waals surface area contributed by atoms with Crippen molar-refractivity contribution in [3.63, 3.8) is 0 Å². The van der Waals surface area contributed by atoms with Crippen molar-refractivity contribution in [1.29, 1.82) is 0 Å². The molecule has 0 aliphatic rings. The number of hydrogen-bond acceptors (Lipinski definition) is 3. The van der Waals surface area contributed by atoms with Gasteiger partial charge < -0.3 is 0 Å². The Kier molecular flexibility index (Phi) is 2.37. The van der Waals surface area contributed by atoms with E-state index in [2.05, 4.69) is 22.0 Å². The van der Waals surface area contributed by atoms with Crippen molar-refractivity contribution in [1.82, 2.24) is 19.6 Å². The molecule has 0 fully saturated rings. The van der Waals surface area contributed by atoms with E-state index >= 15 is 0 Å². The smallest absolute Gasteiger partial charge is 0.158 e. The maximum atomic E-state index is 5.96. The highest BCUT2D eigenvalue weighted by Crippen LogP contribution is 2.18. The van der Waals surface area contributed by atoms with E-state index in [0.717, 1.165) is 29.9 Å². The second kappa shape index (κ2) is 3.53. The van der Waals surface area contributed by atoms with Crippen molar-refractivity contribution in [3.05, 3.63) is 23.0 Å². The van der Waals surface area contributed by atoms with Gasteiger partial charge in [-0.2, -0.15) is 5.10 Å². The van der Waals surface area contributed by atoms with E-state index in [0.29, 0.717) is 5.15 Å². The molecule has 2 aromatic rings. The number of nitrogens with zero attached hydrogens (tertiary/aromatic N) is 4. The van der Waals surface area contributed by atoms with Crippen molar-refractivity contribution in [3.8, 4) is 0 Å². The minimum atomic E-state index is 0.465. The Hall–Kier alpha value is -1.16. The molecule has 0 amide bonds. The van der Waals surface area contributed by atoms with Crippen LogP contribution in [0, 0.1) is 6.92 Å². The van der Waals surface area contributed by atoms with Crippen LogP contribution in [0.3, 0.4) is 0 Å². The van der Waals surface area contributed by atoms with Gasteiger partial charge in [-0.05, 0) is 13.3 Å². The van der Waals surface area contributed by atoms with Gasteiger partial charge in [-0.1, -0.05) is 18.5 Å². The number of rotatable bonds is 2. The predicted octanol–water partition coefficient (Wildman–Crippen LogP) is 2.04. The average molecular weight is 211 g/mol. The molecular formula is C9H11ClN4. The van der Waals surface area contributed by atoms with Gasteiger partial charge in [-0.25, -0.2) is 14.5 Å². The Morgan fingerprint density at radius 1 is 1.50 bits per heavy atom. The van der Waals surface area contributed by atoms with Crippen LogP contribution in [0.25, 0.3) is 5.52 Å². The van der Waals surface area contributed by atoms with Gasteiger partial charge in [0.25, 0.3) is 0 Å². The third-order valence-electron chi connectivity index (χ3n) is 2.10. The van der Waals surface area contributed by atoms with Gasteiger partial charge in [0.1, 0.15) is 17.7 Å². The Bertz CT molecular complexity index is 463. The number of aromatic nitrogens is 4. The van der Waals surface area contributed by atoms with Gasteiger partial charge >= 0.3 is 0 Å². The Morgan fingerprint density at radius 2 is 2.29 bits per heavy atom. The number of fused-ring (bicyclic) bond motifs is 1. The number of hydrogen-bond donors (Lipinski definition) is 0. The molecule has 0 aromatic carbocycles. The maximum absolute atomic E-state index is 5.96. The van der Waals surface area contributed by atoms with Crippen LogP contribution in [0.1, 0.15) is 24.9 Å². The van der Waals surface area contributed by atoms with E-state index < -0.39 is 0 Å². The zero-order chi connectivity index (χ0) is 10.1. The highest BCUT2D eigenvalue weighted by Gasteiger charge is 2.11. The van der Waals surface area contributed by atoms with Crippen LogP contribution in [0.4, 0.5) is 0 Å². The van der Waals surface area contributed by atoms with Crippen LogP contribution in [-0.4, -0.2) is 19.6 Å². The first-order valence-electron chi connectivity index (χ1n) is 4.58. The van der Waals surface area contributed by atoms with Crippen molar-refractivity contribution < 1.29 is 0 Å². The first-order valence-corrected chi connectivity index (χ1v) is 4.96. The number of halogens is 1. The molecule has 14 heavy (non-hydrogen) atoms. The van der Waals surface area contributed by atoms with Crippen LogP contribution in [0.15, 0.2) is 6.33 Å². The molecule has 0 aliphatic carbocycles. The summed E-state index contributed by atoms with van der Waals surface area (Å²) in [6.45, 7) is 4.03. The van der Waals surface area contributed by atoms with E-state index in [9.17, 15) is 0 Å². The van der Waals surface area contributed by atoms with Crippen LogP contribution in [-0.2, 0) is 6.42 Å². The summed E-state index contributed by atoms with van der Waals surface area (Å²) in [4.78, 5) is 8.35. The topological polar surface area (TPSA) is 43.1 Å². The van der Waals surface area contributed by atoms with Crippen molar-refractivity contribution in [2.45, 2.75) is 26.7 Å². The fourth-order valence-electron chi connectivity index (χ4n) is 1.51. The molecule has 0 spiro atoms. The van der Waals surface area contributed by atoms with Gasteiger partial charge in [0.2, 0.25) is 0 Å². The van der Waals surface area contributed by atoms with Crippen molar-refractivity contribution >= 4 is 17.1 Å². The van der Waals surface area contributed by atoms with Crippen molar-refractivity contribution in [2.24, 2.45) is 0 Å². The molecule has 0 atom stereocenters. The fraction of sp³-hybridized carbons (Fsp3) is 0.444. The molecule has 0 saturated heterocycles. The molecule has 0 N–H and O–H groups in total. The summed E-state index contributed by atoms with van der Waals surface area (Å²) in [6.07, 6.45) is 3.40. The zero-order valence-corrected chi connectivity index (χ0v) is 8.91. The Labute approximate surface area is 86.9 Å². The molecule has 5 heteroatoms. The molecule has 2 heterocycles. The van der Waals surface area contributed by atoms with Crippen LogP contribution in [0.2, 0.25) is 5.15 Å². The first-order chi connectivity index (χ1) is 6.74. The fourth-order valence-corrected chi connectivity index (χ4v) is 1.77.